The zero-order valence-corrected chi connectivity index (χ0v) is 7.94. The summed E-state index contributed by atoms with van der Waals surface area (Å²) in [6, 6.07) is 1.07. The maximum Gasteiger partial charge on any atom is 0.317 e. The van der Waals surface area contributed by atoms with Crippen molar-refractivity contribution >= 4 is 5.97 Å². The molecule has 3 aliphatic heterocycles. The molecule has 3 saturated heterocycles. The maximum absolute atomic E-state index is 10.6. The molecule has 0 amide bonds. The Balaban J connectivity index is 1.98. The van der Waals surface area contributed by atoms with Crippen molar-refractivity contribution in [1.29, 1.82) is 0 Å². The number of piperazine rings is 1. The summed E-state index contributed by atoms with van der Waals surface area (Å²) < 4.78 is 0. The van der Waals surface area contributed by atoms with Crippen molar-refractivity contribution in [3.63, 3.8) is 0 Å². The largest absolute Gasteiger partial charge is 0.480 e. The number of carbonyl (C=O) groups is 1. The second-order valence-electron chi connectivity index (χ2n) is 4.15. The highest BCUT2D eigenvalue weighted by Gasteiger charge is 2.37. The molecule has 4 nitrogen and oxygen atoms in total. The molecule has 2 bridgehead atoms. The second kappa shape index (κ2) is 3.27. The van der Waals surface area contributed by atoms with Crippen molar-refractivity contribution in [2.75, 3.05) is 26.7 Å². The number of fused-ring (bicyclic) bond motifs is 3. The molecule has 0 radical (unpaired) electrons. The number of nitrogens with zero attached hydrogens (tertiary/aromatic N) is 2. The molecule has 2 atom stereocenters. The van der Waals surface area contributed by atoms with Crippen molar-refractivity contribution in [1.82, 2.24) is 9.80 Å². The van der Waals surface area contributed by atoms with E-state index in [1.165, 1.54) is 12.8 Å². The molecule has 0 aliphatic carbocycles. The number of hydrogen-bond donors (Lipinski definition) is 1. The number of piperidine rings is 2. The van der Waals surface area contributed by atoms with E-state index in [0.29, 0.717) is 12.1 Å². The van der Waals surface area contributed by atoms with Gasteiger partial charge in [-0.3, -0.25) is 9.69 Å². The first-order valence-electron chi connectivity index (χ1n) is 4.83. The summed E-state index contributed by atoms with van der Waals surface area (Å²) in [6.45, 7) is 2.19. The smallest absolute Gasteiger partial charge is 0.317 e. The summed E-state index contributed by atoms with van der Waals surface area (Å²) in [7, 11) is 2.13. The summed E-state index contributed by atoms with van der Waals surface area (Å²) in [5, 5.41) is 8.70. The van der Waals surface area contributed by atoms with Crippen LogP contribution in [-0.4, -0.2) is 59.6 Å². The summed E-state index contributed by atoms with van der Waals surface area (Å²) >= 11 is 0. The van der Waals surface area contributed by atoms with E-state index in [-0.39, 0.29) is 6.54 Å². The third-order valence-electron chi connectivity index (χ3n) is 3.26. The molecular weight excluding hydrogens is 168 g/mol. The van der Waals surface area contributed by atoms with Crippen LogP contribution in [0.1, 0.15) is 12.8 Å². The number of rotatable bonds is 2. The lowest BCUT2D eigenvalue weighted by molar-refractivity contribution is -0.141. The summed E-state index contributed by atoms with van der Waals surface area (Å²) in [5.74, 6) is -0.699. The van der Waals surface area contributed by atoms with Crippen molar-refractivity contribution < 1.29 is 9.90 Å². The van der Waals surface area contributed by atoms with Crippen LogP contribution < -0.4 is 0 Å². The number of likely N-dealkylation sites (N-methyl/N-ethyl adjacent to an activating group) is 1. The molecule has 0 aromatic heterocycles. The molecule has 3 heterocycles. The highest BCUT2D eigenvalue weighted by molar-refractivity contribution is 5.69. The average Bonchev–Trinajstić information content (AvgIpc) is 2.05. The van der Waals surface area contributed by atoms with E-state index in [2.05, 4.69) is 16.8 Å². The SMILES string of the molecule is CN1C[C@@H]2CC[C@H]1CN2CC(=O)O. The van der Waals surface area contributed by atoms with Gasteiger partial charge in [-0.1, -0.05) is 0 Å². The molecule has 13 heavy (non-hydrogen) atoms. The molecule has 0 spiro atoms. The van der Waals surface area contributed by atoms with Crippen LogP contribution in [0.5, 0.6) is 0 Å². The maximum atomic E-state index is 10.6. The molecule has 74 valence electrons. The first-order chi connectivity index (χ1) is 6.16. The molecule has 3 rings (SSSR count). The lowest BCUT2D eigenvalue weighted by atomic mass is 9.91. The van der Waals surface area contributed by atoms with Crippen molar-refractivity contribution in [2.45, 2.75) is 24.9 Å². The quantitative estimate of drug-likeness (QED) is 0.648. The molecule has 3 fully saturated rings. The van der Waals surface area contributed by atoms with E-state index in [9.17, 15) is 4.79 Å². The minimum absolute atomic E-state index is 0.217. The third kappa shape index (κ3) is 1.69. The van der Waals surface area contributed by atoms with E-state index < -0.39 is 5.97 Å². The Labute approximate surface area is 78.1 Å². The van der Waals surface area contributed by atoms with Crippen LogP contribution >= 0.6 is 0 Å². The van der Waals surface area contributed by atoms with E-state index in [0.717, 1.165) is 13.1 Å². The zero-order valence-electron chi connectivity index (χ0n) is 7.94. The van der Waals surface area contributed by atoms with Crippen LogP contribution in [0.15, 0.2) is 0 Å². The summed E-state index contributed by atoms with van der Waals surface area (Å²) in [4.78, 5) is 15.0. The third-order valence-corrected chi connectivity index (χ3v) is 3.26. The summed E-state index contributed by atoms with van der Waals surface area (Å²) in [6.07, 6.45) is 2.40. The Hall–Kier alpha value is -0.610. The van der Waals surface area contributed by atoms with Gasteiger partial charge in [-0.05, 0) is 19.9 Å². The van der Waals surface area contributed by atoms with Gasteiger partial charge in [0.15, 0.2) is 0 Å². The first-order valence-corrected chi connectivity index (χ1v) is 4.83. The molecule has 0 saturated carbocycles. The second-order valence-corrected chi connectivity index (χ2v) is 4.15. The summed E-state index contributed by atoms with van der Waals surface area (Å²) in [5.41, 5.74) is 0. The number of carboxylic acid groups (broad SMARTS) is 1. The predicted octanol–water partition coefficient (Wildman–Crippen LogP) is -0.151. The fourth-order valence-corrected chi connectivity index (χ4v) is 2.49. The molecule has 0 aromatic carbocycles. The standard InChI is InChI=1S/C9H16N2O2/c1-10-4-8-3-2-7(10)5-11(8)6-9(12)13/h7-8H,2-6H2,1H3,(H,12,13)/t7-,8-/m0/s1. The molecular formula is C9H16N2O2. The van der Waals surface area contributed by atoms with E-state index in [1.54, 1.807) is 0 Å². The predicted molar refractivity (Wildman–Crippen MR) is 48.6 cm³/mol. The van der Waals surface area contributed by atoms with Crippen LogP contribution in [0.25, 0.3) is 0 Å². The van der Waals surface area contributed by atoms with Crippen LogP contribution in [0.3, 0.4) is 0 Å². The Kier molecular flexibility index (Phi) is 2.26. The van der Waals surface area contributed by atoms with Crippen molar-refractivity contribution in [2.24, 2.45) is 0 Å². The Bertz CT molecular complexity index is 220. The van der Waals surface area contributed by atoms with Gasteiger partial charge in [0.25, 0.3) is 0 Å². The Morgan fingerprint density at radius 2 is 2.08 bits per heavy atom. The molecule has 3 aliphatic rings. The van der Waals surface area contributed by atoms with Crippen LogP contribution in [0.4, 0.5) is 0 Å². The highest BCUT2D eigenvalue weighted by atomic mass is 16.4. The van der Waals surface area contributed by atoms with Crippen LogP contribution in [0, 0.1) is 0 Å². The number of aliphatic carboxylic acids is 1. The zero-order chi connectivity index (χ0) is 9.42. The molecule has 4 heteroatoms. The van der Waals surface area contributed by atoms with Gasteiger partial charge in [0, 0.05) is 25.2 Å². The lowest BCUT2D eigenvalue weighted by Gasteiger charge is -2.49. The van der Waals surface area contributed by atoms with Gasteiger partial charge in [0.05, 0.1) is 6.54 Å². The Morgan fingerprint density at radius 1 is 1.38 bits per heavy atom. The topological polar surface area (TPSA) is 43.8 Å². The molecule has 1 N–H and O–H groups in total. The lowest BCUT2D eigenvalue weighted by Crippen LogP contribution is -2.62. The fraction of sp³-hybridized carbons (Fsp3) is 0.889. The van der Waals surface area contributed by atoms with E-state index in [4.69, 9.17) is 5.11 Å². The minimum Gasteiger partial charge on any atom is -0.480 e. The van der Waals surface area contributed by atoms with Crippen molar-refractivity contribution in [3.05, 3.63) is 0 Å². The Morgan fingerprint density at radius 3 is 2.54 bits per heavy atom. The van der Waals surface area contributed by atoms with Crippen molar-refractivity contribution in [3.8, 4) is 0 Å². The normalized spacial score (nSPS) is 35.2. The number of carboxylic acids is 1. The van der Waals surface area contributed by atoms with Gasteiger partial charge in [-0.2, -0.15) is 0 Å². The van der Waals surface area contributed by atoms with Gasteiger partial charge < -0.3 is 10.0 Å². The van der Waals surface area contributed by atoms with E-state index >= 15 is 0 Å². The minimum atomic E-state index is -0.699. The first kappa shape index (κ1) is 8.97. The number of hydrogen-bond acceptors (Lipinski definition) is 3. The van der Waals surface area contributed by atoms with Gasteiger partial charge in [-0.15, -0.1) is 0 Å². The van der Waals surface area contributed by atoms with Crippen LogP contribution in [-0.2, 0) is 4.79 Å². The van der Waals surface area contributed by atoms with Gasteiger partial charge in [-0.25, -0.2) is 0 Å². The van der Waals surface area contributed by atoms with Gasteiger partial charge >= 0.3 is 5.97 Å². The fourth-order valence-electron chi connectivity index (χ4n) is 2.49. The highest BCUT2D eigenvalue weighted by Crippen LogP contribution is 2.26. The molecule has 0 aromatic rings. The molecule has 0 unspecified atom stereocenters. The van der Waals surface area contributed by atoms with Crippen LogP contribution in [0.2, 0.25) is 0 Å². The monoisotopic (exact) mass is 184 g/mol. The van der Waals surface area contributed by atoms with Gasteiger partial charge in [0.2, 0.25) is 0 Å². The average molecular weight is 184 g/mol. The van der Waals surface area contributed by atoms with Gasteiger partial charge in [0.1, 0.15) is 0 Å². The van der Waals surface area contributed by atoms with E-state index in [1.807, 2.05) is 0 Å².